The maximum Gasteiger partial charge on any atom is 0.282 e. The van der Waals surface area contributed by atoms with Crippen LogP contribution in [0.5, 0.6) is 11.5 Å². The minimum Gasteiger partial charge on any atom is -0.493 e. The molecule has 1 heterocycles. The summed E-state index contributed by atoms with van der Waals surface area (Å²) in [4.78, 5) is 25.4. The highest BCUT2D eigenvalue weighted by Crippen LogP contribution is 2.34. The maximum atomic E-state index is 12.9. The lowest BCUT2D eigenvalue weighted by Gasteiger charge is -2.14. The summed E-state index contributed by atoms with van der Waals surface area (Å²) in [5, 5.41) is 1.23. The molecule has 0 aromatic heterocycles. The van der Waals surface area contributed by atoms with E-state index in [-0.39, 0.29) is 5.57 Å². The SMILES string of the molecule is COc1cccc(C=C2C(=O)NN(c3ccccc3)C2=O)c1OCc1ccc(Br)cc1. The summed E-state index contributed by atoms with van der Waals surface area (Å²) in [5.41, 5.74) is 4.75. The number of ether oxygens (including phenoxy) is 2. The second-order valence-corrected chi connectivity index (χ2v) is 7.68. The third-order valence-corrected chi connectivity index (χ3v) is 5.26. The van der Waals surface area contributed by atoms with E-state index in [9.17, 15) is 9.59 Å². The van der Waals surface area contributed by atoms with Gasteiger partial charge in [-0.05, 0) is 42.0 Å². The van der Waals surface area contributed by atoms with Crippen molar-refractivity contribution >= 4 is 39.5 Å². The van der Waals surface area contributed by atoms with Gasteiger partial charge in [0.05, 0.1) is 12.8 Å². The largest absolute Gasteiger partial charge is 0.493 e. The van der Waals surface area contributed by atoms with Crippen LogP contribution in [0.25, 0.3) is 6.08 Å². The van der Waals surface area contributed by atoms with Crippen LogP contribution >= 0.6 is 15.9 Å². The van der Waals surface area contributed by atoms with E-state index in [0.29, 0.717) is 29.4 Å². The first-order chi connectivity index (χ1) is 15.1. The molecule has 31 heavy (non-hydrogen) atoms. The molecular weight excluding hydrogens is 460 g/mol. The molecule has 0 radical (unpaired) electrons. The third kappa shape index (κ3) is 4.46. The van der Waals surface area contributed by atoms with E-state index in [4.69, 9.17) is 9.47 Å². The Balaban J connectivity index is 1.64. The lowest BCUT2D eigenvalue weighted by atomic mass is 10.1. The van der Waals surface area contributed by atoms with E-state index in [2.05, 4.69) is 21.4 Å². The Morgan fingerprint density at radius 2 is 1.71 bits per heavy atom. The zero-order chi connectivity index (χ0) is 21.8. The average Bonchev–Trinajstić information content (AvgIpc) is 3.08. The van der Waals surface area contributed by atoms with Gasteiger partial charge in [-0.25, -0.2) is 5.01 Å². The number of amides is 2. The number of benzene rings is 3. The molecule has 3 aromatic rings. The highest BCUT2D eigenvalue weighted by Gasteiger charge is 2.34. The summed E-state index contributed by atoms with van der Waals surface area (Å²) in [6.07, 6.45) is 1.53. The maximum absolute atomic E-state index is 12.9. The van der Waals surface area contributed by atoms with Crippen LogP contribution in [-0.2, 0) is 16.2 Å². The molecule has 2 amide bonds. The van der Waals surface area contributed by atoms with Gasteiger partial charge in [0.15, 0.2) is 11.5 Å². The standard InChI is InChI=1S/C24H19BrN2O4/c1-30-21-9-5-6-17(22(21)31-15-16-10-12-18(25)13-11-16)14-20-23(28)26-27(24(20)29)19-7-3-2-4-8-19/h2-14H,15H2,1H3,(H,26,28). The van der Waals surface area contributed by atoms with E-state index in [1.54, 1.807) is 49.6 Å². The number of anilines is 1. The first kappa shape index (κ1) is 20.7. The van der Waals surface area contributed by atoms with Crippen LogP contribution < -0.4 is 19.9 Å². The first-order valence-corrected chi connectivity index (χ1v) is 10.3. The molecule has 0 saturated carbocycles. The van der Waals surface area contributed by atoms with E-state index in [1.165, 1.54) is 11.1 Å². The zero-order valence-corrected chi connectivity index (χ0v) is 18.3. The molecule has 1 saturated heterocycles. The summed E-state index contributed by atoms with van der Waals surface area (Å²) < 4.78 is 12.5. The minimum absolute atomic E-state index is 0.0191. The monoisotopic (exact) mass is 478 g/mol. The second-order valence-electron chi connectivity index (χ2n) is 6.77. The number of methoxy groups -OCH3 is 1. The molecule has 0 bridgehead atoms. The molecule has 1 aliphatic rings. The van der Waals surface area contributed by atoms with Gasteiger partial charge >= 0.3 is 0 Å². The van der Waals surface area contributed by atoms with Gasteiger partial charge in [0.1, 0.15) is 12.2 Å². The van der Waals surface area contributed by atoms with Crippen LogP contribution in [0.15, 0.2) is 82.8 Å². The van der Waals surface area contributed by atoms with Gasteiger partial charge in [0, 0.05) is 10.0 Å². The van der Waals surface area contributed by atoms with Crippen LogP contribution in [0.3, 0.4) is 0 Å². The Bertz CT molecular complexity index is 1140. The van der Waals surface area contributed by atoms with Gasteiger partial charge < -0.3 is 9.47 Å². The Hall–Kier alpha value is -3.58. The number of hydrogen-bond donors (Lipinski definition) is 1. The summed E-state index contributed by atoms with van der Waals surface area (Å²) >= 11 is 3.42. The van der Waals surface area contributed by atoms with Crippen molar-refractivity contribution in [3.8, 4) is 11.5 Å². The van der Waals surface area contributed by atoms with Crippen molar-refractivity contribution in [3.63, 3.8) is 0 Å². The van der Waals surface area contributed by atoms with Gasteiger partial charge in [-0.15, -0.1) is 0 Å². The molecule has 3 aromatic carbocycles. The fourth-order valence-electron chi connectivity index (χ4n) is 3.17. The molecule has 4 rings (SSSR count). The van der Waals surface area contributed by atoms with Crippen LogP contribution in [0.4, 0.5) is 5.69 Å². The van der Waals surface area contributed by atoms with Crippen LogP contribution in [0.1, 0.15) is 11.1 Å². The Kier molecular flexibility index (Phi) is 6.04. The summed E-state index contributed by atoms with van der Waals surface area (Å²) in [5.74, 6) is 0.0600. The Morgan fingerprint density at radius 1 is 0.968 bits per heavy atom. The average molecular weight is 479 g/mol. The molecule has 0 spiro atoms. The quantitative estimate of drug-likeness (QED) is 0.418. The van der Waals surface area contributed by atoms with Crippen molar-refractivity contribution in [2.24, 2.45) is 0 Å². The molecule has 1 aliphatic heterocycles. The molecule has 7 heteroatoms. The second kappa shape index (κ2) is 9.06. The summed E-state index contributed by atoms with van der Waals surface area (Å²) in [7, 11) is 1.54. The lowest BCUT2D eigenvalue weighted by Crippen LogP contribution is -2.35. The van der Waals surface area contributed by atoms with E-state index in [1.807, 2.05) is 30.3 Å². The molecule has 0 atom stereocenters. The van der Waals surface area contributed by atoms with E-state index in [0.717, 1.165) is 10.0 Å². The Morgan fingerprint density at radius 3 is 2.42 bits per heavy atom. The fraction of sp³-hybridized carbons (Fsp3) is 0.0833. The third-order valence-electron chi connectivity index (χ3n) is 4.73. The molecule has 1 N–H and O–H groups in total. The lowest BCUT2D eigenvalue weighted by molar-refractivity contribution is -0.117. The van der Waals surface area contributed by atoms with Crippen LogP contribution in [-0.4, -0.2) is 18.9 Å². The van der Waals surface area contributed by atoms with Gasteiger partial charge in [-0.1, -0.05) is 58.4 Å². The van der Waals surface area contributed by atoms with Crippen molar-refractivity contribution in [2.45, 2.75) is 6.61 Å². The Labute approximate surface area is 188 Å². The number of carbonyl (C=O) groups excluding carboxylic acids is 2. The number of nitrogens with one attached hydrogen (secondary N) is 1. The zero-order valence-electron chi connectivity index (χ0n) is 16.7. The fourth-order valence-corrected chi connectivity index (χ4v) is 3.43. The van der Waals surface area contributed by atoms with Crippen molar-refractivity contribution in [2.75, 3.05) is 12.1 Å². The number of halogens is 1. The van der Waals surface area contributed by atoms with Crippen LogP contribution in [0.2, 0.25) is 0 Å². The predicted octanol–water partition coefficient (Wildman–Crippen LogP) is 4.50. The number of rotatable bonds is 6. The van der Waals surface area contributed by atoms with Gasteiger partial charge in [-0.3, -0.25) is 15.0 Å². The number of para-hydroxylation sites is 2. The smallest absolute Gasteiger partial charge is 0.282 e. The number of hydrazine groups is 1. The van der Waals surface area contributed by atoms with Crippen LogP contribution in [0, 0.1) is 0 Å². The van der Waals surface area contributed by atoms with Crippen molar-refractivity contribution in [1.29, 1.82) is 0 Å². The highest BCUT2D eigenvalue weighted by molar-refractivity contribution is 9.10. The van der Waals surface area contributed by atoms with Gasteiger partial charge in [-0.2, -0.15) is 0 Å². The number of carbonyl (C=O) groups is 2. The molecule has 156 valence electrons. The minimum atomic E-state index is -0.476. The molecular formula is C24H19BrN2O4. The van der Waals surface area contributed by atoms with Gasteiger partial charge in [0.25, 0.3) is 11.8 Å². The summed E-state index contributed by atoms with van der Waals surface area (Å²) in [6.45, 7) is 0.306. The molecule has 1 fully saturated rings. The normalized spacial score (nSPS) is 14.6. The number of hydrogen-bond acceptors (Lipinski definition) is 4. The molecule has 6 nitrogen and oxygen atoms in total. The topological polar surface area (TPSA) is 67.9 Å². The highest BCUT2D eigenvalue weighted by atomic mass is 79.9. The molecule has 0 aliphatic carbocycles. The van der Waals surface area contributed by atoms with Crippen molar-refractivity contribution < 1.29 is 19.1 Å². The van der Waals surface area contributed by atoms with E-state index < -0.39 is 11.8 Å². The first-order valence-electron chi connectivity index (χ1n) is 9.53. The molecule has 0 unspecified atom stereocenters. The number of nitrogens with zero attached hydrogens (tertiary/aromatic N) is 1. The van der Waals surface area contributed by atoms with Crippen molar-refractivity contribution in [1.82, 2.24) is 5.43 Å². The van der Waals surface area contributed by atoms with Crippen molar-refractivity contribution in [3.05, 3.63) is 94.0 Å². The summed E-state index contributed by atoms with van der Waals surface area (Å²) in [6, 6.07) is 22.0. The van der Waals surface area contributed by atoms with Gasteiger partial charge in [0.2, 0.25) is 0 Å². The van der Waals surface area contributed by atoms with E-state index >= 15 is 0 Å². The predicted molar refractivity (Wildman–Crippen MR) is 122 cm³/mol.